The Labute approximate surface area is 122 Å². The monoisotopic (exact) mass is 287 g/mol. The van der Waals surface area contributed by atoms with Crippen molar-refractivity contribution in [2.45, 2.75) is 12.8 Å². The molecule has 1 aromatic rings. The quantitative estimate of drug-likeness (QED) is 0.637. The number of Topliss-reactive ketones (excluding diaryl/α,β-unsaturated/α-hetero) is 2. The summed E-state index contributed by atoms with van der Waals surface area (Å²) in [6.07, 6.45) is 1.75. The third-order valence-corrected chi connectivity index (χ3v) is 3.39. The van der Waals surface area contributed by atoms with Crippen molar-refractivity contribution in [1.82, 2.24) is 0 Å². The maximum atomic E-state index is 12.4. The molecule has 5 nitrogen and oxygen atoms in total. The number of hydrogen-bond donors (Lipinski definition) is 2. The summed E-state index contributed by atoms with van der Waals surface area (Å²) in [5, 5.41) is 18.9. The standard InChI is InChI=1S/C16H17NO4/c18-9-8-17-10-13-14(19)7-6-12(16(13)21)15(20)11-4-2-1-3-5-11/h1-5,10,12,18,21H,6-9H2/t12-/m0/s1. The zero-order valence-electron chi connectivity index (χ0n) is 11.5. The van der Waals surface area contributed by atoms with E-state index in [9.17, 15) is 14.7 Å². The van der Waals surface area contributed by atoms with Crippen LogP contribution < -0.4 is 0 Å². The first kappa shape index (κ1) is 15.1. The highest BCUT2D eigenvalue weighted by molar-refractivity contribution is 6.16. The Balaban J connectivity index is 2.28. The van der Waals surface area contributed by atoms with Crippen LogP contribution in [0.5, 0.6) is 0 Å². The molecular formula is C16H17NO4. The summed E-state index contributed by atoms with van der Waals surface area (Å²) in [6, 6.07) is 8.69. The number of nitrogens with zero attached hydrogens (tertiary/aromatic N) is 1. The highest BCUT2D eigenvalue weighted by atomic mass is 16.3. The molecule has 0 spiro atoms. The molecule has 2 N–H and O–H groups in total. The molecular weight excluding hydrogens is 270 g/mol. The second kappa shape index (κ2) is 6.95. The van der Waals surface area contributed by atoms with Crippen LogP contribution in [0.15, 0.2) is 46.7 Å². The van der Waals surface area contributed by atoms with Gasteiger partial charge in [-0.05, 0) is 6.42 Å². The molecule has 0 radical (unpaired) electrons. The number of aliphatic imine (C=N–C) groups is 1. The molecule has 1 aromatic carbocycles. The fourth-order valence-corrected chi connectivity index (χ4v) is 2.29. The number of rotatable bonds is 5. The molecule has 21 heavy (non-hydrogen) atoms. The summed E-state index contributed by atoms with van der Waals surface area (Å²) in [6.45, 7) is 0.0203. The Morgan fingerprint density at radius 3 is 2.71 bits per heavy atom. The van der Waals surface area contributed by atoms with Gasteiger partial charge in [-0.3, -0.25) is 14.6 Å². The lowest BCUT2D eigenvalue weighted by molar-refractivity contribution is -0.116. The van der Waals surface area contributed by atoms with Crippen LogP contribution >= 0.6 is 0 Å². The smallest absolute Gasteiger partial charge is 0.173 e. The normalized spacial score (nSPS) is 19.3. The second-order valence-electron chi connectivity index (χ2n) is 4.80. The zero-order chi connectivity index (χ0) is 15.2. The minimum absolute atomic E-state index is 0.0731. The van der Waals surface area contributed by atoms with Crippen molar-refractivity contribution < 1.29 is 19.8 Å². The van der Waals surface area contributed by atoms with Crippen LogP contribution in [-0.4, -0.2) is 41.1 Å². The van der Waals surface area contributed by atoms with Gasteiger partial charge in [0.1, 0.15) is 5.76 Å². The van der Waals surface area contributed by atoms with E-state index in [1.807, 2.05) is 6.07 Å². The predicted molar refractivity (Wildman–Crippen MR) is 78.6 cm³/mol. The fourth-order valence-electron chi connectivity index (χ4n) is 2.29. The van der Waals surface area contributed by atoms with Crippen LogP contribution in [0.2, 0.25) is 0 Å². The van der Waals surface area contributed by atoms with Crippen molar-refractivity contribution in [3.05, 3.63) is 47.2 Å². The van der Waals surface area contributed by atoms with Gasteiger partial charge in [0.15, 0.2) is 11.6 Å². The van der Waals surface area contributed by atoms with Crippen molar-refractivity contribution >= 4 is 17.8 Å². The van der Waals surface area contributed by atoms with Crippen LogP contribution in [0.4, 0.5) is 0 Å². The van der Waals surface area contributed by atoms with E-state index in [2.05, 4.69) is 4.99 Å². The van der Waals surface area contributed by atoms with E-state index in [-0.39, 0.29) is 42.5 Å². The predicted octanol–water partition coefficient (Wildman–Crippen LogP) is 1.72. The molecule has 0 saturated heterocycles. The molecule has 1 atom stereocenters. The van der Waals surface area contributed by atoms with Gasteiger partial charge in [0.25, 0.3) is 0 Å². The molecule has 2 rings (SSSR count). The fraction of sp³-hybridized carbons (Fsp3) is 0.312. The molecule has 110 valence electrons. The lowest BCUT2D eigenvalue weighted by Crippen LogP contribution is -2.26. The topological polar surface area (TPSA) is 87.0 Å². The largest absolute Gasteiger partial charge is 0.511 e. The van der Waals surface area contributed by atoms with Gasteiger partial charge in [0.2, 0.25) is 0 Å². The molecule has 0 amide bonds. The lowest BCUT2D eigenvalue weighted by atomic mass is 9.83. The summed E-state index contributed by atoms with van der Waals surface area (Å²) in [5.41, 5.74) is 0.582. The summed E-state index contributed by atoms with van der Waals surface area (Å²) < 4.78 is 0. The molecule has 0 saturated carbocycles. The molecule has 5 heteroatoms. The maximum Gasteiger partial charge on any atom is 0.173 e. The van der Waals surface area contributed by atoms with Crippen LogP contribution in [0.3, 0.4) is 0 Å². The molecule has 0 fully saturated rings. The van der Waals surface area contributed by atoms with Gasteiger partial charge < -0.3 is 10.2 Å². The number of hydrogen-bond acceptors (Lipinski definition) is 5. The van der Waals surface area contributed by atoms with Crippen molar-refractivity contribution in [1.29, 1.82) is 0 Å². The minimum atomic E-state index is -0.708. The SMILES string of the molecule is O=C1CC[C@@H](C(=O)c2ccccc2)C(O)=C1C=NCCO. The number of ketones is 2. The summed E-state index contributed by atoms with van der Waals surface area (Å²) in [5.74, 6) is -1.36. The van der Waals surface area contributed by atoms with Gasteiger partial charge in [0, 0.05) is 18.2 Å². The van der Waals surface area contributed by atoms with E-state index in [0.717, 1.165) is 0 Å². The van der Waals surface area contributed by atoms with Crippen molar-refractivity contribution in [2.24, 2.45) is 10.9 Å². The first-order valence-electron chi connectivity index (χ1n) is 6.81. The summed E-state index contributed by atoms with van der Waals surface area (Å²) in [4.78, 5) is 28.1. The highest BCUT2D eigenvalue weighted by Gasteiger charge is 2.32. The van der Waals surface area contributed by atoms with Gasteiger partial charge in [0.05, 0.1) is 24.6 Å². The van der Waals surface area contributed by atoms with Crippen molar-refractivity contribution in [3.8, 4) is 0 Å². The van der Waals surface area contributed by atoms with Crippen LogP contribution in [0.1, 0.15) is 23.2 Å². The summed E-state index contributed by atoms with van der Waals surface area (Å²) >= 11 is 0. The Morgan fingerprint density at radius 1 is 1.33 bits per heavy atom. The van der Waals surface area contributed by atoms with Gasteiger partial charge in [-0.15, -0.1) is 0 Å². The second-order valence-corrected chi connectivity index (χ2v) is 4.80. The Bertz CT molecular complexity index is 590. The van der Waals surface area contributed by atoms with Gasteiger partial charge >= 0.3 is 0 Å². The minimum Gasteiger partial charge on any atom is -0.511 e. The van der Waals surface area contributed by atoms with Crippen LogP contribution in [0.25, 0.3) is 0 Å². The van der Waals surface area contributed by atoms with Gasteiger partial charge in [-0.25, -0.2) is 0 Å². The van der Waals surface area contributed by atoms with E-state index in [1.54, 1.807) is 24.3 Å². The van der Waals surface area contributed by atoms with Gasteiger partial charge in [-0.2, -0.15) is 0 Å². The summed E-state index contributed by atoms with van der Waals surface area (Å²) in [7, 11) is 0. The molecule has 0 aromatic heterocycles. The number of aliphatic hydroxyl groups excluding tert-OH is 2. The van der Waals surface area contributed by atoms with Crippen molar-refractivity contribution in [3.63, 3.8) is 0 Å². The average molecular weight is 287 g/mol. The number of carbonyl (C=O) groups is 2. The number of allylic oxidation sites excluding steroid dienone is 2. The molecule has 1 aliphatic rings. The first-order chi connectivity index (χ1) is 10.1. The van der Waals surface area contributed by atoms with Crippen molar-refractivity contribution in [2.75, 3.05) is 13.2 Å². The van der Waals surface area contributed by atoms with E-state index in [4.69, 9.17) is 5.11 Å². The Morgan fingerprint density at radius 2 is 2.05 bits per heavy atom. The Hall–Kier alpha value is -2.27. The molecule has 0 aliphatic heterocycles. The Kier molecular flexibility index (Phi) is 5.00. The average Bonchev–Trinajstić information content (AvgIpc) is 2.51. The zero-order valence-corrected chi connectivity index (χ0v) is 11.5. The third kappa shape index (κ3) is 3.44. The number of carbonyl (C=O) groups excluding carboxylic acids is 2. The van der Waals surface area contributed by atoms with Crippen LogP contribution in [0, 0.1) is 5.92 Å². The van der Waals surface area contributed by atoms with E-state index < -0.39 is 5.92 Å². The first-order valence-corrected chi connectivity index (χ1v) is 6.81. The van der Waals surface area contributed by atoms with Crippen LogP contribution in [-0.2, 0) is 4.79 Å². The van der Waals surface area contributed by atoms with E-state index in [1.165, 1.54) is 6.21 Å². The number of benzene rings is 1. The lowest BCUT2D eigenvalue weighted by Gasteiger charge is -2.21. The van der Waals surface area contributed by atoms with E-state index >= 15 is 0 Å². The maximum absolute atomic E-state index is 12.4. The molecule has 0 bridgehead atoms. The van der Waals surface area contributed by atoms with E-state index in [0.29, 0.717) is 12.0 Å². The molecule has 0 unspecified atom stereocenters. The third-order valence-electron chi connectivity index (χ3n) is 3.39. The number of aliphatic hydroxyl groups is 2. The van der Waals surface area contributed by atoms with Gasteiger partial charge in [-0.1, -0.05) is 30.3 Å². The highest BCUT2D eigenvalue weighted by Crippen LogP contribution is 2.28. The molecule has 1 aliphatic carbocycles. The molecule has 0 heterocycles.